The molecule has 0 bridgehead atoms. The van der Waals surface area contributed by atoms with Gasteiger partial charge in [-0.15, -0.1) is 22.7 Å². The Bertz CT molecular complexity index is 1030. The number of hydrogen-bond acceptors (Lipinski definition) is 7. The van der Waals surface area contributed by atoms with E-state index in [0.717, 1.165) is 10.6 Å². The maximum atomic E-state index is 12.9. The number of nitro benzene ring substituents is 1. The Balaban J connectivity index is 1.73. The van der Waals surface area contributed by atoms with Crippen LogP contribution in [0.3, 0.4) is 0 Å². The summed E-state index contributed by atoms with van der Waals surface area (Å²) in [4.78, 5) is 24.8. The van der Waals surface area contributed by atoms with Gasteiger partial charge in [-0.2, -0.15) is 5.10 Å². The van der Waals surface area contributed by atoms with Crippen LogP contribution in [0.4, 0.5) is 5.69 Å². The van der Waals surface area contributed by atoms with E-state index in [9.17, 15) is 20.0 Å². The summed E-state index contributed by atoms with van der Waals surface area (Å²) in [5.41, 5.74) is 1.00. The topological polar surface area (TPSA) is 96.0 Å². The van der Waals surface area contributed by atoms with Gasteiger partial charge in [0.25, 0.3) is 5.91 Å². The van der Waals surface area contributed by atoms with E-state index in [4.69, 9.17) is 0 Å². The van der Waals surface area contributed by atoms with Crippen molar-refractivity contribution in [3.05, 3.63) is 78.7 Å². The molecule has 0 spiro atoms. The fraction of sp³-hybridized carbons (Fsp3) is 0.111. The van der Waals surface area contributed by atoms with Gasteiger partial charge in [0.05, 0.1) is 26.4 Å². The molecule has 3 aromatic rings. The minimum absolute atomic E-state index is 0.237. The normalized spacial score (nSPS) is 16.4. The van der Waals surface area contributed by atoms with E-state index in [1.54, 1.807) is 18.2 Å². The van der Waals surface area contributed by atoms with Crippen molar-refractivity contribution < 1.29 is 14.8 Å². The van der Waals surface area contributed by atoms with Crippen LogP contribution in [0.25, 0.3) is 0 Å². The van der Waals surface area contributed by atoms with Crippen molar-refractivity contribution in [1.82, 2.24) is 5.01 Å². The minimum atomic E-state index is -0.643. The lowest BCUT2D eigenvalue weighted by molar-refractivity contribution is -0.385. The van der Waals surface area contributed by atoms with Crippen LogP contribution in [0, 0.1) is 10.1 Å². The van der Waals surface area contributed by atoms with Gasteiger partial charge >= 0.3 is 5.69 Å². The number of carbonyl (C=O) groups excluding carboxylic acids is 1. The Hall–Kier alpha value is -3.04. The zero-order chi connectivity index (χ0) is 19.0. The van der Waals surface area contributed by atoms with E-state index >= 15 is 0 Å². The third-order valence-electron chi connectivity index (χ3n) is 4.24. The zero-order valence-corrected chi connectivity index (χ0v) is 15.4. The fourth-order valence-electron chi connectivity index (χ4n) is 2.96. The van der Waals surface area contributed by atoms with Crippen LogP contribution < -0.4 is 0 Å². The van der Waals surface area contributed by atoms with Gasteiger partial charge < -0.3 is 5.11 Å². The minimum Gasteiger partial charge on any atom is -0.502 e. The molecule has 1 amide bonds. The predicted octanol–water partition coefficient (Wildman–Crippen LogP) is 4.41. The average molecular weight is 399 g/mol. The molecule has 1 aromatic carbocycles. The first-order valence-electron chi connectivity index (χ1n) is 8.00. The highest BCUT2D eigenvalue weighted by molar-refractivity contribution is 7.12. The van der Waals surface area contributed by atoms with Crippen molar-refractivity contribution in [3.8, 4) is 5.75 Å². The monoisotopic (exact) mass is 399 g/mol. The second-order valence-electron chi connectivity index (χ2n) is 5.88. The van der Waals surface area contributed by atoms with Crippen LogP contribution in [0.1, 0.15) is 32.6 Å². The second-order valence-corrected chi connectivity index (χ2v) is 7.77. The number of nitro groups is 1. The Morgan fingerprint density at radius 1 is 1.22 bits per heavy atom. The van der Waals surface area contributed by atoms with Crippen LogP contribution in [0.15, 0.2) is 58.3 Å². The number of phenols is 1. The predicted molar refractivity (Wildman–Crippen MR) is 103 cm³/mol. The molecule has 1 atom stereocenters. The molecule has 4 rings (SSSR count). The summed E-state index contributed by atoms with van der Waals surface area (Å²) in [6.45, 7) is 0. The third kappa shape index (κ3) is 3.22. The summed E-state index contributed by atoms with van der Waals surface area (Å²) in [5.74, 6) is -0.662. The second kappa shape index (κ2) is 6.93. The number of carbonyl (C=O) groups is 1. The largest absolute Gasteiger partial charge is 0.502 e. The van der Waals surface area contributed by atoms with Crippen LogP contribution in [-0.4, -0.2) is 26.7 Å². The van der Waals surface area contributed by atoms with Crippen LogP contribution in [0.2, 0.25) is 0 Å². The number of rotatable bonds is 4. The molecule has 0 saturated carbocycles. The lowest BCUT2D eigenvalue weighted by Gasteiger charge is -2.21. The Kier molecular flexibility index (Phi) is 4.46. The molecule has 7 nitrogen and oxygen atoms in total. The Labute approximate surface area is 162 Å². The first-order chi connectivity index (χ1) is 13.0. The van der Waals surface area contributed by atoms with Crippen molar-refractivity contribution in [1.29, 1.82) is 0 Å². The fourth-order valence-corrected chi connectivity index (χ4v) is 4.34. The number of nitrogens with zero attached hydrogens (tertiary/aromatic N) is 3. The van der Waals surface area contributed by atoms with E-state index in [2.05, 4.69) is 5.10 Å². The lowest BCUT2D eigenvalue weighted by Crippen LogP contribution is -2.26. The quantitative estimate of drug-likeness (QED) is 0.519. The van der Waals surface area contributed by atoms with Crippen molar-refractivity contribution in [2.45, 2.75) is 12.5 Å². The number of thiophene rings is 2. The van der Waals surface area contributed by atoms with E-state index in [-0.39, 0.29) is 11.6 Å². The lowest BCUT2D eigenvalue weighted by atomic mass is 10.0. The summed E-state index contributed by atoms with van der Waals surface area (Å²) in [6, 6.07) is 11.1. The molecule has 0 radical (unpaired) electrons. The summed E-state index contributed by atoms with van der Waals surface area (Å²) in [5, 5.41) is 30.6. The molecule has 1 aliphatic rings. The zero-order valence-electron chi connectivity index (χ0n) is 13.8. The third-order valence-corrected chi connectivity index (χ3v) is 6.01. The summed E-state index contributed by atoms with van der Waals surface area (Å²) < 4.78 is 0. The number of benzene rings is 1. The number of amides is 1. The maximum Gasteiger partial charge on any atom is 0.310 e. The molecule has 0 fully saturated rings. The Morgan fingerprint density at radius 2 is 2.00 bits per heavy atom. The number of phenolic OH excluding ortho intramolecular Hbond substituents is 1. The molecule has 3 heterocycles. The van der Waals surface area contributed by atoms with Crippen molar-refractivity contribution in [3.63, 3.8) is 0 Å². The molecular weight excluding hydrogens is 386 g/mol. The number of aromatic hydroxyl groups is 1. The van der Waals surface area contributed by atoms with Gasteiger partial charge in [0.1, 0.15) is 0 Å². The van der Waals surface area contributed by atoms with Gasteiger partial charge in [-0.3, -0.25) is 14.9 Å². The standard InChI is InChI=1S/C18H13N3O4S2/c22-15-9-11(5-6-13(15)21(24)25)14-10-12(16-3-1-7-26-16)19-20(14)18(23)17-4-2-8-27-17/h1-9,14,22H,10H2/t14-/m1/s1. The van der Waals surface area contributed by atoms with Gasteiger partial charge in [-0.1, -0.05) is 12.1 Å². The summed E-state index contributed by atoms with van der Waals surface area (Å²) in [7, 11) is 0. The van der Waals surface area contributed by atoms with Crippen LogP contribution in [-0.2, 0) is 0 Å². The molecule has 136 valence electrons. The smallest absolute Gasteiger partial charge is 0.310 e. The highest BCUT2D eigenvalue weighted by Gasteiger charge is 2.35. The van der Waals surface area contributed by atoms with E-state index < -0.39 is 16.7 Å². The van der Waals surface area contributed by atoms with Gasteiger partial charge in [0.2, 0.25) is 0 Å². The Morgan fingerprint density at radius 3 is 2.63 bits per heavy atom. The molecule has 0 aliphatic carbocycles. The van der Waals surface area contributed by atoms with Gasteiger partial charge in [-0.25, -0.2) is 5.01 Å². The molecule has 9 heteroatoms. The molecule has 1 N–H and O–H groups in total. The SMILES string of the molecule is O=C(c1cccs1)N1N=C(c2cccs2)C[C@@H]1c1ccc([N+](=O)[O-])c(O)c1. The first-order valence-corrected chi connectivity index (χ1v) is 9.76. The van der Waals surface area contributed by atoms with Crippen LogP contribution in [0.5, 0.6) is 5.75 Å². The molecule has 1 aliphatic heterocycles. The molecule has 0 saturated heterocycles. The van der Waals surface area contributed by atoms with Crippen LogP contribution >= 0.6 is 22.7 Å². The van der Waals surface area contributed by atoms with Crippen molar-refractivity contribution >= 4 is 40.0 Å². The van der Waals surface area contributed by atoms with E-state index in [1.165, 1.54) is 39.8 Å². The molecule has 0 unspecified atom stereocenters. The highest BCUT2D eigenvalue weighted by Crippen LogP contribution is 2.38. The van der Waals surface area contributed by atoms with Crippen molar-refractivity contribution in [2.24, 2.45) is 5.10 Å². The summed E-state index contributed by atoms with van der Waals surface area (Å²) >= 11 is 2.86. The van der Waals surface area contributed by atoms with Gasteiger partial charge in [0.15, 0.2) is 5.75 Å². The average Bonchev–Trinajstić information content (AvgIpc) is 3.41. The van der Waals surface area contributed by atoms with Crippen molar-refractivity contribution in [2.75, 3.05) is 0 Å². The molecular formula is C18H13N3O4S2. The molecule has 27 heavy (non-hydrogen) atoms. The molecule has 2 aromatic heterocycles. The van der Waals surface area contributed by atoms with Gasteiger partial charge in [-0.05, 0) is 40.6 Å². The number of hydrazone groups is 1. The highest BCUT2D eigenvalue weighted by atomic mass is 32.1. The van der Waals surface area contributed by atoms with Gasteiger partial charge in [0, 0.05) is 12.5 Å². The number of hydrogen-bond donors (Lipinski definition) is 1. The van der Waals surface area contributed by atoms with E-state index in [0.29, 0.717) is 16.9 Å². The van der Waals surface area contributed by atoms with E-state index in [1.807, 2.05) is 22.9 Å². The maximum absolute atomic E-state index is 12.9. The summed E-state index contributed by atoms with van der Waals surface area (Å²) in [6.07, 6.45) is 0.467. The first kappa shape index (κ1) is 17.4.